The Labute approximate surface area is 130 Å². The molecule has 0 aliphatic heterocycles. The Hall–Kier alpha value is -0.780. The van der Waals surface area contributed by atoms with Crippen molar-refractivity contribution in [2.75, 3.05) is 18.9 Å². The second-order valence-corrected chi connectivity index (χ2v) is 6.99. The molecule has 2 N–H and O–H groups in total. The number of rotatable bonds is 8. The van der Waals surface area contributed by atoms with Gasteiger partial charge in [-0.05, 0) is 49.3 Å². The van der Waals surface area contributed by atoms with E-state index in [4.69, 9.17) is 4.74 Å². The van der Waals surface area contributed by atoms with E-state index in [9.17, 15) is 9.50 Å². The standard InChI is InChI=1S/C16H24FNO2S/c1-2-21-16-8-5-13(9-16)18-10-14(19)11-20-15-6-3-12(17)4-7-15/h3-4,6-7,13-14,16,18-19H,2,5,8-11H2,1H3. The van der Waals surface area contributed by atoms with Crippen molar-refractivity contribution >= 4 is 11.8 Å². The molecular weight excluding hydrogens is 289 g/mol. The molecule has 0 amide bonds. The van der Waals surface area contributed by atoms with E-state index in [2.05, 4.69) is 12.2 Å². The molecule has 1 aliphatic carbocycles. The first-order valence-corrected chi connectivity index (χ1v) is 8.63. The van der Waals surface area contributed by atoms with Gasteiger partial charge in [0.15, 0.2) is 0 Å². The number of hydrogen-bond acceptors (Lipinski definition) is 4. The predicted octanol–water partition coefficient (Wildman–Crippen LogP) is 2.83. The van der Waals surface area contributed by atoms with Crippen LogP contribution in [0, 0.1) is 5.82 Å². The van der Waals surface area contributed by atoms with E-state index < -0.39 is 6.10 Å². The average molecular weight is 313 g/mol. The van der Waals surface area contributed by atoms with Gasteiger partial charge in [-0.3, -0.25) is 0 Å². The molecule has 0 bridgehead atoms. The van der Waals surface area contributed by atoms with Crippen LogP contribution in [0.25, 0.3) is 0 Å². The lowest BCUT2D eigenvalue weighted by atomic mass is 10.2. The van der Waals surface area contributed by atoms with Crippen molar-refractivity contribution < 1.29 is 14.2 Å². The van der Waals surface area contributed by atoms with E-state index >= 15 is 0 Å². The molecule has 1 aliphatic rings. The molecule has 0 saturated heterocycles. The number of aliphatic hydroxyl groups is 1. The van der Waals surface area contributed by atoms with Crippen LogP contribution in [0.1, 0.15) is 26.2 Å². The van der Waals surface area contributed by atoms with Gasteiger partial charge in [-0.25, -0.2) is 4.39 Å². The Bertz CT molecular complexity index is 415. The summed E-state index contributed by atoms with van der Waals surface area (Å²) in [5, 5.41) is 14.1. The fourth-order valence-electron chi connectivity index (χ4n) is 2.60. The minimum atomic E-state index is -0.548. The quantitative estimate of drug-likeness (QED) is 0.774. The Balaban J connectivity index is 1.61. The third-order valence-corrected chi connectivity index (χ3v) is 4.92. The minimum absolute atomic E-state index is 0.221. The molecule has 0 heterocycles. The molecule has 1 aromatic rings. The van der Waals surface area contributed by atoms with E-state index in [1.807, 2.05) is 11.8 Å². The van der Waals surface area contributed by atoms with E-state index in [-0.39, 0.29) is 12.4 Å². The molecule has 1 saturated carbocycles. The van der Waals surface area contributed by atoms with Crippen LogP contribution in [0.3, 0.4) is 0 Å². The van der Waals surface area contributed by atoms with Crippen LogP contribution < -0.4 is 10.1 Å². The van der Waals surface area contributed by atoms with Gasteiger partial charge in [0.1, 0.15) is 24.3 Å². The van der Waals surface area contributed by atoms with Crippen LogP contribution in [0.5, 0.6) is 5.75 Å². The monoisotopic (exact) mass is 313 g/mol. The van der Waals surface area contributed by atoms with E-state index in [0.29, 0.717) is 18.3 Å². The lowest BCUT2D eigenvalue weighted by Crippen LogP contribution is -2.37. The number of thioether (sulfide) groups is 1. The van der Waals surface area contributed by atoms with Crippen LogP contribution in [0.4, 0.5) is 4.39 Å². The largest absolute Gasteiger partial charge is 0.491 e. The van der Waals surface area contributed by atoms with Gasteiger partial charge in [-0.15, -0.1) is 0 Å². The summed E-state index contributed by atoms with van der Waals surface area (Å²) in [5.41, 5.74) is 0. The minimum Gasteiger partial charge on any atom is -0.491 e. The van der Waals surface area contributed by atoms with Gasteiger partial charge in [-0.2, -0.15) is 11.8 Å². The molecule has 2 rings (SSSR count). The first kappa shape index (κ1) is 16.6. The van der Waals surface area contributed by atoms with Crippen LogP contribution in [0.15, 0.2) is 24.3 Å². The molecule has 118 valence electrons. The third kappa shape index (κ3) is 5.85. The van der Waals surface area contributed by atoms with Crippen LogP contribution >= 0.6 is 11.8 Å². The van der Waals surface area contributed by atoms with Gasteiger partial charge in [0.25, 0.3) is 0 Å². The van der Waals surface area contributed by atoms with Crippen LogP contribution in [0.2, 0.25) is 0 Å². The molecule has 21 heavy (non-hydrogen) atoms. The molecule has 1 aromatic carbocycles. The molecular formula is C16H24FNO2S. The van der Waals surface area contributed by atoms with E-state index in [0.717, 1.165) is 5.25 Å². The first-order chi connectivity index (χ1) is 10.2. The summed E-state index contributed by atoms with van der Waals surface area (Å²) in [6.45, 7) is 2.95. The molecule has 0 aromatic heterocycles. The van der Waals surface area contributed by atoms with Gasteiger partial charge in [0, 0.05) is 17.8 Å². The van der Waals surface area contributed by atoms with Crippen molar-refractivity contribution in [3.63, 3.8) is 0 Å². The summed E-state index contributed by atoms with van der Waals surface area (Å²) in [6, 6.07) is 6.35. The number of benzene rings is 1. The highest BCUT2D eigenvalue weighted by molar-refractivity contribution is 7.99. The van der Waals surface area contributed by atoms with E-state index in [1.54, 1.807) is 12.1 Å². The molecule has 3 nitrogen and oxygen atoms in total. The zero-order chi connectivity index (χ0) is 15.1. The Morgan fingerprint density at radius 2 is 2.14 bits per heavy atom. The van der Waals surface area contributed by atoms with Crippen LogP contribution in [-0.4, -0.2) is 41.4 Å². The lowest BCUT2D eigenvalue weighted by Gasteiger charge is -2.17. The van der Waals surface area contributed by atoms with Gasteiger partial charge >= 0.3 is 0 Å². The van der Waals surface area contributed by atoms with Crippen molar-refractivity contribution in [1.29, 1.82) is 0 Å². The van der Waals surface area contributed by atoms with Gasteiger partial charge < -0.3 is 15.2 Å². The molecule has 1 fully saturated rings. The third-order valence-electron chi connectivity index (χ3n) is 3.69. The highest BCUT2D eigenvalue weighted by Gasteiger charge is 2.24. The van der Waals surface area contributed by atoms with Gasteiger partial charge in [-0.1, -0.05) is 6.92 Å². The van der Waals surface area contributed by atoms with Crippen LogP contribution in [-0.2, 0) is 0 Å². The number of ether oxygens (including phenoxy) is 1. The smallest absolute Gasteiger partial charge is 0.123 e. The fourth-order valence-corrected chi connectivity index (χ4v) is 3.74. The summed E-state index contributed by atoms with van der Waals surface area (Å²) in [7, 11) is 0. The number of halogens is 1. The maximum absolute atomic E-state index is 12.7. The second-order valence-electron chi connectivity index (χ2n) is 5.41. The first-order valence-electron chi connectivity index (χ1n) is 7.58. The summed E-state index contributed by atoms with van der Waals surface area (Å²) in [6.07, 6.45) is 3.08. The number of hydrogen-bond donors (Lipinski definition) is 2. The van der Waals surface area contributed by atoms with Crippen molar-refractivity contribution in [1.82, 2.24) is 5.32 Å². The SMILES string of the molecule is CCSC1CCC(NCC(O)COc2ccc(F)cc2)C1. The summed E-state index contributed by atoms with van der Waals surface area (Å²) >= 11 is 2.03. The summed E-state index contributed by atoms with van der Waals surface area (Å²) in [5.74, 6) is 1.46. The number of nitrogens with one attached hydrogen (secondary N) is 1. The normalized spacial score (nSPS) is 23.2. The highest BCUT2D eigenvalue weighted by Crippen LogP contribution is 2.29. The average Bonchev–Trinajstić information content (AvgIpc) is 2.93. The van der Waals surface area contributed by atoms with E-state index in [1.165, 1.54) is 37.1 Å². The lowest BCUT2D eigenvalue weighted by molar-refractivity contribution is 0.104. The van der Waals surface area contributed by atoms with Crippen molar-refractivity contribution in [3.05, 3.63) is 30.1 Å². The Morgan fingerprint density at radius 3 is 2.86 bits per heavy atom. The molecule has 3 unspecified atom stereocenters. The Kier molecular flexibility index (Phi) is 6.80. The number of aliphatic hydroxyl groups excluding tert-OH is 1. The van der Waals surface area contributed by atoms with Crippen molar-refractivity contribution in [3.8, 4) is 5.75 Å². The highest BCUT2D eigenvalue weighted by atomic mass is 32.2. The topological polar surface area (TPSA) is 41.5 Å². The van der Waals surface area contributed by atoms with Crippen molar-refractivity contribution in [2.24, 2.45) is 0 Å². The Morgan fingerprint density at radius 1 is 1.38 bits per heavy atom. The van der Waals surface area contributed by atoms with Gasteiger partial charge in [0.05, 0.1) is 0 Å². The van der Waals surface area contributed by atoms with Crippen molar-refractivity contribution in [2.45, 2.75) is 43.6 Å². The summed E-state index contributed by atoms with van der Waals surface area (Å²) in [4.78, 5) is 0. The zero-order valence-corrected chi connectivity index (χ0v) is 13.2. The fraction of sp³-hybridized carbons (Fsp3) is 0.625. The predicted molar refractivity (Wildman–Crippen MR) is 85.5 cm³/mol. The zero-order valence-electron chi connectivity index (χ0n) is 12.4. The maximum atomic E-state index is 12.7. The molecule has 3 atom stereocenters. The molecule has 5 heteroatoms. The van der Waals surface area contributed by atoms with Gasteiger partial charge in [0.2, 0.25) is 0 Å². The molecule has 0 radical (unpaired) electrons. The molecule has 0 spiro atoms. The second kappa shape index (κ2) is 8.61. The maximum Gasteiger partial charge on any atom is 0.123 e. The summed E-state index contributed by atoms with van der Waals surface area (Å²) < 4.78 is 18.2.